The number of hydrogen-bond donors (Lipinski definition) is 0. The van der Waals surface area contributed by atoms with Crippen molar-refractivity contribution in [1.29, 1.82) is 0 Å². The first-order valence-electron chi connectivity index (χ1n) is 9.31. The van der Waals surface area contributed by atoms with Gasteiger partial charge in [0.2, 0.25) is 0 Å². The maximum Gasteiger partial charge on any atom is 0.165 e. The van der Waals surface area contributed by atoms with Crippen LogP contribution in [0.4, 0.5) is 5.69 Å². The molecule has 0 saturated heterocycles. The smallest absolute Gasteiger partial charge is 0.165 e. The lowest BCUT2D eigenvalue weighted by Gasteiger charge is -2.17. The van der Waals surface area contributed by atoms with E-state index in [0.717, 1.165) is 42.2 Å². The Kier molecular flexibility index (Phi) is 5.56. The Balaban J connectivity index is 2.02. The number of rotatable bonds is 7. The van der Waals surface area contributed by atoms with Crippen molar-refractivity contribution in [2.45, 2.75) is 31.6 Å². The lowest BCUT2D eigenvalue weighted by atomic mass is 9.93. The highest BCUT2D eigenvalue weighted by Crippen LogP contribution is 2.54. The van der Waals surface area contributed by atoms with E-state index in [-0.39, 0.29) is 5.41 Å². The standard InChI is InChI=1S/C22H27ClN4/c1-6-8-10-16(9-7-2)22(13-14-22)21-25-24-20(27(21)5)18-12-11-17(26(3)4)15-19(18)23/h6,8-12,15H,1,7,13-14H2,2-5H3/b10-8-,16-9+. The molecule has 0 radical (unpaired) electrons. The second-order valence-corrected chi connectivity index (χ2v) is 7.62. The lowest BCUT2D eigenvalue weighted by Crippen LogP contribution is -2.16. The maximum absolute atomic E-state index is 6.56. The molecule has 1 heterocycles. The summed E-state index contributed by atoms with van der Waals surface area (Å²) in [5.41, 5.74) is 3.21. The molecule has 27 heavy (non-hydrogen) atoms. The molecule has 0 aliphatic heterocycles. The topological polar surface area (TPSA) is 34.0 Å². The Morgan fingerprint density at radius 3 is 2.63 bits per heavy atom. The van der Waals surface area contributed by atoms with Gasteiger partial charge in [-0.1, -0.05) is 49.4 Å². The summed E-state index contributed by atoms with van der Waals surface area (Å²) >= 11 is 6.56. The normalized spacial score (nSPS) is 16.0. The SMILES string of the molecule is C=C/C=C\C(=C/CC)C1(c2nnc(-c3ccc(N(C)C)cc3Cl)n2C)CC1. The fraction of sp³-hybridized carbons (Fsp3) is 0.364. The van der Waals surface area contributed by atoms with Crippen molar-refractivity contribution in [3.8, 4) is 11.4 Å². The van der Waals surface area contributed by atoms with E-state index in [1.807, 2.05) is 50.3 Å². The summed E-state index contributed by atoms with van der Waals surface area (Å²) in [6, 6.07) is 6.04. The number of hydrogen-bond acceptors (Lipinski definition) is 3. The molecule has 0 amide bonds. The van der Waals surface area contributed by atoms with Crippen LogP contribution in [0.5, 0.6) is 0 Å². The van der Waals surface area contributed by atoms with Gasteiger partial charge in [0.25, 0.3) is 0 Å². The third-order valence-electron chi connectivity index (χ3n) is 5.15. The number of allylic oxidation sites excluding steroid dienone is 5. The Morgan fingerprint density at radius 2 is 2.07 bits per heavy atom. The van der Waals surface area contributed by atoms with Crippen molar-refractivity contribution in [2.75, 3.05) is 19.0 Å². The second-order valence-electron chi connectivity index (χ2n) is 7.21. The summed E-state index contributed by atoms with van der Waals surface area (Å²) in [7, 11) is 6.03. The second kappa shape index (κ2) is 7.73. The summed E-state index contributed by atoms with van der Waals surface area (Å²) < 4.78 is 2.09. The minimum absolute atomic E-state index is 0.0500. The molecule has 0 atom stereocenters. The molecule has 0 unspecified atom stereocenters. The van der Waals surface area contributed by atoms with Gasteiger partial charge in [0.15, 0.2) is 5.82 Å². The largest absolute Gasteiger partial charge is 0.378 e. The molecule has 1 fully saturated rings. The molecule has 3 rings (SSSR count). The number of anilines is 1. The van der Waals surface area contributed by atoms with Crippen LogP contribution in [-0.2, 0) is 12.5 Å². The molecule has 0 bridgehead atoms. The van der Waals surface area contributed by atoms with Crippen LogP contribution in [0.3, 0.4) is 0 Å². The van der Waals surface area contributed by atoms with Gasteiger partial charge in [0, 0.05) is 32.4 Å². The van der Waals surface area contributed by atoms with E-state index in [1.54, 1.807) is 0 Å². The molecule has 0 spiro atoms. The van der Waals surface area contributed by atoms with Gasteiger partial charge in [0.1, 0.15) is 5.82 Å². The Bertz CT molecular complexity index is 901. The minimum atomic E-state index is -0.0500. The molecule has 2 aromatic rings. The van der Waals surface area contributed by atoms with E-state index < -0.39 is 0 Å². The highest BCUT2D eigenvalue weighted by Gasteiger charge is 2.50. The van der Waals surface area contributed by atoms with Crippen molar-refractivity contribution >= 4 is 17.3 Å². The first-order valence-corrected chi connectivity index (χ1v) is 9.69. The van der Waals surface area contributed by atoms with E-state index in [9.17, 15) is 0 Å². The van der Waals surface area contributed by atoms with Crippen LogP contribution >= 0.6 is 11.6 Å². The maximum atomic E-state index is 6.56. The van der Waals surface area contributed by atoms with Gasteiger partial charge in [0.05, 0.1) is 10.4 Å². The van der Waals surface area contributed by atoms with E-state index in [1.165, 1.54) is 5.57 Å². The summed E-state index contributed by atoms with van der Waals surface area (Å²) in [6.45, 7) is 5.95. The van der Waals surface area contributed by atoms with Gasteiger partial charge in [-0.2, -0.15) is 0 Å². The predicted octanol–water partition coefficient (Wildman–Crippen LogP) is 5.31. The van der Waals surface area contributed by atoms with E-state index in [4.69, 9.17) is 11.6 Å². The Labute approximate surface area is 166 Å². The minimum Gasteiger partial charge on any atom is -0.378 e. The van der Waals surface area contributed by atoms with E-state index in [2.05, 4.69) is 46.5 Å². The van der Waals surface area contributed by atoms with Crippen LogP contribution in [0.1, 0.15) is 32.0 Å². The highest BCUT2D eigenvalue weighted by atomic mass is 35.5. The van der Waals surface area contributed by atoms with Gasteiger partial charge >= 0.3 is 0 Å². The van der Waals surface area contributed by atoms with Crippen molar-refractivity contribution in [1.82, 2.24) is 14.8 Å². The predicted molar refractivity (Wildman–Crippen MR) is 114 cm³/mol. The number of halogens is 1. The fourth-order valence-electron chi connectivity index (χ4n) is 3.52. The van der Waals surface area contributed by atoms with Gasteiger partial charge in [-0.05, 0) is 43.0 Å². The molecule has 1 saturated carbocycles. The summed E-state index contributed by atoms with van der Waals surface area (Å²) in [4.78, 5) is 2.03. The number of benzene rings is 1. The molecular formula is C22H27ClN4. The van der Waals surface area contributed by atoms with Gasteiger partial charge < -0.3 is 9.47 Å². The summed E-state index contributed by atoms with van der Waals surface area (Å²) in [5, 5.41) is 9.76. The van der Waals surface area contributed by atoms with Crippen molar-refractivity contribution < 1.29 is 0 Å². The average Bonchev–Trinajstić information content (AvgIpc) is 3.35. The van der Waals surface area contributed by atoms with Crippen molar-refractivity contribution in [2.24, 2.45) is 7.05 Å². The molecule has 1 aromatic carbocycles. The zero-order chi connectivity index (χ0) is 19.6. The molecule has 5 heteroatoms. The third-order valence-corrected chi connectivity index (χ3v) is 5.46. The average molecular weight is 383 g/mol. The van der Waals surface area contributed by atoms with Crippen molar-refractivity contribution in [3.63, 3.8) is 0 Å². The molecular weight excluding hydrogens is 356 g/mol. The van der Waals surface area contributed by atoms with Crippen LogP contribution in [0.25, 0.3) is 11.4 Å². The summed E-state index contributed by atoms with van der Waals surface area (Å²) in [6.07, 6.45) is 11.4. The number of aromatic nitrogens is 3. The molecule has 1 aromatic heterocycles. The quantitative estimate of drug-likeness (QED) is 0.608. The number of nitrogens with zero attached hydrogens (tertiary/aromatic N) is 4. The van der Waals surface area contributed by atoms with Crippen LogP contribution in [0.15, 0.2) is 54.7 Å². The van der Waals surface area contributed by atoms with E-state index >= 15 is 0 Å². The lowest BCUT2D eigenvalue weighted by molar-refractivity contribution is 0.690. The molecule has 1 aliphatic carbocycles. The van der Waals surface area contributed by atoms with E-state index in [0.29, 0.717) is 5.02 Å². The molecule has 142 valence electrons. The molecule has 4 nitrogen and oxygen atoms in total. The zero-order valence-electron chi connectivity index (χ0n) is 16.5. The van der Waals surface area contributed by atoms with Crippen molar-refractivity contribution in [3.05, 3.63) is 65.5 Å². The Hall–Kier alpha value is -2.33. The van der Waals surface area contributed by atoms with Gasteiger partial charge in [-0.25, -0.2) is 0 Å². The molecule has 0 N–H and O–H groups in total. The summed E-state index contributed by atoms with van der Waals surface area (Å²) in [5.74, 6) is 1.80. The first kappa shape index (κ1) is 19.4. The monoisotopic (exact) mass is 382 g/mol. The fourth-order valence-corrected chi connectivity index (χ4v) is 3.78. The van der Waals surface area contributed by atoms with Crippen LogP contribution in [0.2, 0.25) is 5.02 Å². The van der Waals surface area contributed by atoms with Crippen LogP contribution in [-0.4, -0.2) is 28.9 Å². The Morgan fingerprint density at radius 1 is 1.33 bits per heavy atom. The van der Waals surface area contributed by atoms with Gasteiger partial charge in [-0.15, -0.1) is 10.2 Å². The third kappa shape index (κ3) is 3.59. The molecule has 1 aliphatic rings. The first-order chi connectivity index (χ1) is 12.9. The van der Waals surface area contributed by atoms with Gasteiger partial charge in [-0.3, -0.25) is 0 Å². The van der Waals surface area contributed by atoms with Crippen LogP contribution in [0, 0.1) is 0 Å². The highest BCUT2D eigenvalue weighted by molar-refractivity contribution is 6.33. The van der Waals surface area contributed by atoms with Crippen LogP contribution < -0.4 is 4.90 Å². The zero-order valence-corrected chi connectivity index (χ0v) is 17.3.